The number of nitrogens with two attached hydrogens (primary N) is 1. The highest BCUT2D eigenvalue weighted by molar-refractivity contribution is 7.22. The summed E-state index contributed by atoms with van der Waals surface area (Å²) in [5.41, 5.74) is 7.70. The molecule has 0 amide bonds. The molecule has 4 heteroatoms. The summed E-state index contributed by atoms with van der Waals surface area (Å²) in [7, 11) is 0. The number of hydrogen-bond donors (Lipinski definition) is 1. The summed E-state index contributed by atoms with van der Waals surface area (Å²) in [5.74, 6) is 0. The molecule has 0 aliphatic rings. The third-order valence-corrected chi connectivity index (χ3v) is 4.07. The summed E-state index contributed by atoms with van der Waals surface area (Å²) in [5, 5.41) is 5.82. The van der Waals surface area contributed by atoms with Crippen LogP contribution >= 0.6 is 11.3 Å². The van der Waals surface area contributed by atoms with E-state index < -0.39 is 0 Å². The summed E-state index contributed by atoms with van der Waals surface area (Å²) < 4.78 is 3.18. The van der Waals surface area contributed by atoms with Crippen LogP contribution in [0.1, 0.15) is 19.9 Å². The van der Waals surface area contributed by atoms with Crippen LogP contribution in [0, 0.1) is 0 Å². The summed E-state index contributed by atoms with van der Waals surface area (Å²) in [4.78, 5) is 1.13. The number of anilines is 1. The predicted octanol–water partition coefficient (Wildman–Crippen LogP) is 3.93. The highest BCUT2D eigenvalue weighted by Crippen LogP contribution is 2.35. The minimum absolute atomic E-state index is 0.329. The lowest BCUT2D eigenvalue weighted by Gasteiger charge is -2.02. The molecule has 0 unspecified atom stereocenters. The van der Waals surface area contributed by atoms with Crippen LogP contribution in [0.15, 0.2) is 36.5 Å². The minimum Gasteiger partial charge on any atom is -0.396 e. The van der Waals surface area contributed by atoms with Crippen molar-refractivity contribution in [2.45, 2.75) is 19.9 Å². The van der Waals surface area contributed by atoms with Gasteiger partial charge in [-0.3, -0.25) is 4.68 Å². The Hall–Kier alpha value is -1.81. The fourth-order valence-electron chi connectivity index (χ4n) is 1.96. The van der Waals surface area contributed by atoms with E-state index in [1.807, 2.05) is 10.9 Å². The molecule has 0 radical (unpaired) electrons. The van der Waals surface area contributed by atoms with E-state index in [1.54, 1.807) is 11.3 Å². The molecule has 0 bridgehead atoms. The van der Waals surface area contributed by atoms with Gasteiger partial charge in [-0.1, -0.05) is 18.2 Å². The second-order valence-electron chi connectivity index (χ2n) is 4.66. The van der Waals surface area contributed by atoms with Gasteiger partial charge >= 0.3 is 0 Å². The van der Waals surface area contributed by atoms with Crippen molar-refractivity contribution in [3.63, 3.8) is 0 Å². The molecule has 2 aromatic heterocycles. The lowest BCUT2D eigenvalue weighted by molar-refractivity contribution is 0.534. The number of hydrogen-bond acceptors (Lipinski definition) is 3. The Morgan fingerprint density at radius 3 is 2.72 bits per heavy atom. The maximum absolute atomic E-state index is 6.06. The fraction of sp³-hybridized carbons (Fsp3) is 0.214. The van der Waals surface area contributed by atoms with E-state index in [-0.39, 0.29) is 0 Å². The van der Waals surface area contributed by atoms with Gasteiger partial charge < -0.3 is 5.73 Å². The molecule has 18 heavy (non-hydrogen) atoms. The van der Waals surface area contributed by atoms with Crippen molar-refractivity contribution in [3.8, 4) is 10.6 Å². The highest BCUT2D eigenvalue weighted by Gasteiger charge is 2.12. The molecule has 0 aliphatic carbocycles. The van der Waals surface area contributed by atoms with Gasteiger partial charge in [0.1, 0.15) is 5.69 Å². The van der Waals surface area contributed by atoms with Crippen molar-refractivity contribution in [1.29, 1.82) is 0 Å². The molecule has 0 saturated carbocycles. The van der Waals surface area contributed by atoms with Crippen LogP contribution in [-0.4, -0.2) is 9.78 Å². The monoisotopic (exact) mass is 257 g/mol. The smallest absolute Gasteiger partial charge is 0.125 e. The lowest BCUT2D eigenvalue weighted by Crippen LogP contribution is -2.00. The predicted molar refractivity (Wildman–Crippen MR) is 77.8 cm³/mol. The van der Waals surface area contributed by atoms with Crippen molar-refractivity contribution in [3.05, 3.63) is 36.5 Å². The first kappa shape index (κ1) is 11.3. The van der Waals surface area contributed by atoms with Gasteiger partial charge in [0.05, 0.1) is 10.6 Å². The highest BCUT2D eigenvalue weighted by atomic mass is 32.1. The average Bonchev–Trinajstić information content (AvgIpc) is 2.91. The zero-order valence-corrected chi connectivity index (χ0v) is 11.2. The molecule has 0 atom stereocenters. The molecule has 0 saturated heterocycles. The number of nitrogens with zero attached hydrogens (tertiary/aromatic N) is 2. The molecule has 1 aromatic carbocycles. The Bertz CT molecular complexity index is 661. The van der Waals surface area contributed by atoms with Crippen LogP contribution in [-0.2, 0) is 0 Å². The van der Waals surface area contributed by atoms with Gasteiger partial charge in [-0.15, -0.1) is 11.3 Å². The minimum atomic E-state index is 0.329. The van der Waals surface area contributed by atoms with Crippen LogP contribution < -0.4 is 5.73 Å². The molecule has 3 nitrogen and oxygen atoms in total. The molecular weight excluding hydrogens is 242 g/mol. The van der Waals surface area contributed by atoms with E-state index in [1.165, 1.54) is 10.1 Å². The number of fused-ring (bicyclic) bond motifs is 1. The van der Waals surface area contributed by atoms with E-state index in [9.17, 15) is 0 Å². The zero-order valence-electron chi connectivity index (χ0n) is 10.4. The maximum Gasteiger partial charge on any atom is 0.125 e. The molecule has 0 spiro atoms. The Balaban J connectivity index is 2.13. The SMILES string of the molecule is CC(C)n1cc(N)c(-c2cc3ccccc3s2)n1. The van der Waals surface area contributed by atoms with Gasteiger partial charge in [0.25, 0.3) is 0 Å². The quantitative estimate of drug-likeness (QED) is 0.756. The Morgan fingerprint density at radius 2 is 2.06 bits per heavy atom. The van der Waals surface area contributed by atoms with Gasteiger partial charge in [0, 0.05) is 16.9 Å². The summed E-state index contributed by atoms with van der Waals surface area (Å²) in [6, 6.07) is 10.8. The second kappa shape index (κ2) is 4.14. The molecular formula is C14H15N3S. The second-order valence-corrected chi connectivity index (χ2v) is 5.74. The number of benzene rings is 1. The topological polar surface area (TPSA) is 43.8 Å². The van der Waals surface area contributed by atoms with Crippen molar-refractivity contribution < 1.29 is 0 Å². The molecule has 2 heterocycles. The standard InChI is InChI=1S/C14H15N3S/c1-9(2)17-8-11(15)14(16-17)13-7-10-5-3-4-6-12(10)18-13/h3-9H,15H2,1-2H3. The Labute approximate surface area is 110 Å². The first-order valence-corrected chi connectivity index (χ1v) is 6.80. The van der Waals surface area contributed by atoms with Crippen LogP contribution in [0.5, 0.6) is 0 Å². The van der Waals surface area contributed by atoms with Gasteiger partial charge in [0.2, 0.25) is 0 Å². The largest absolute Gasteiger partial charge is 0.396 e. The van der Waals surface area contributed by atoms with E-state index >= 15 is 0 Å². The summed E-state index contributed by atoms with van der Waals surface area (Å²) in [6.07, 6.45) is 1.91. The molecule has 3 aromatic rings. The van der Waals surface area contributed by atoms with Crippen LogP contribution in [0.3, 0.4) is 0 Å². The van der Waals surface area contributed by atoms with Crippen LogP contribution in [0.4, 0.5) is 5.69 Å². The first-order valence-electron chi connectivity index (χ1n) is 5.99. The number of thiophene rings is 1. The Morgan fingerprint density at radius 1 is 1.28 bits per heavy atom. The molecule has 0 fully saturated rings. The fourth-order valence-corrected chi connectivity index (χ4v) is 3.03. The van der Waals surface area contributed by atoms with Gasteiger partial charge in [0.15, 0.2) is 0 Å². The lowest BCUT2D eigenvalue weighted by atomic mass is 10.2. The van der Waals surface area contributed by atoms with Gasteiger partial charge in [-0.25, -0.2) is 0 Å². The molecule has 92 valence electrons. The van der Waals surface area contributed by atoms with Gasteiger partial charge in [-0.05, 0) is 31.4 Å². The van der Waals surface area contributed by atoms with E-state index in [0.29, 0.717) is 6.04 Å². The third-order valence-electron chi connectivity index (χ3n) is 2.95. The number of rotatable bonds is 2. The van der Waals surface area contributed by atoms with E-state index in [2.05, 4.69) is 49.3 Å². The molecule has 2 N–H and O–H groups in total. The van der Waals surface area contributed by atoms with Gasteiger partial charge in [-0.2, -0.15) is 5.10 Å². The normalized spacial score (nSPS) is 11.5. The summed E-state index contributed by atoms with van der Waals surface area (Å²) in [6.45, 7) is 4.20. The zero-order chi connectivity index (χ0) is 12.7. The van der Waals surface area contributed by atoms with E-state index in [4.69, 9.17) is 5.73 Å². The number of aromatic nitrogens is 2. The maximum atomic E-state index is 6.06. The van der Waals surface area contributed by atoms with Crippen molar-refractivity contribution >= 4 is 27.1 Å². The van der Waals surface area contributed by atoms with Crippen molar-refractivity contribution in [2.75, 3.05) is 5.73 Å². The van der Waals surface area contributed by atoms with Crippen molar-refractivity contribution in [1.82, 2.24) is 9.78 Å². The number of nitrogen functional groups attached to an aromatic ring is 1. The first-order chi connectivity index (χ1) is 8.65. The van der Waals surface area contributed by atoms with Crippen LogP contribution in [0.2, 0.25) is 0 Å². The third kappa shape index (κ3) is 1.78. The molecule has 3 rings (SSSR count). The Kier molecular flexibility index (Phi) is 2.59. The molecule has 0 aliphatic heterocycles. The van der Waals surface area contributed by atoms with E-state index in [0.717, 1.165) is 16.3 Å². The van der Waals surface area contributed by atoms with Crippen LogP contribution in [0.25, 0.3) is 20.7 Å². The van der Waals surface area contributed by atoms with Crippen molar-refractivity contribution in [2.24, 2.45) is 0 Å². The summed E-state index contributed by atoms with van der Waals surface area (Å²) >= 11 is 1.73. The average molecular weight is 257 g/mol.